The molecular weight excluding hydrogens is 247 g/mol. The van der Waals surface area contributed by atoms with E-state index in [1.165, 1.54) is 31.4 Å². The summed E-state index contributed by atoms with van der Waals surface area (Å²) in [6.45, 7) is 0. The summed E-state index contributed by atoms with van der Waals surface area (Å²) in [6, 6.07) is 5.54. The summed E-state index contributed by atoms with van der Waals surface area (Å²) in [5, 5.41) is 0. The Morgan fingerprint density at radius 3 is 2.84 bits per heavy atom. The number of methoxy groups -OCH3 is 1. The van der Waals surface area contributed by atoms with Gasteiger partial charge in [0.05, 0.1) is 12.8 Å². The lowest BCUT2D eigenvalue weighted by molar-refractivity contribution is 0.415. The van der Waals surface area contributed by atoms with Gasteiger partial charge in [-0.3, -0.25) is 4.79 Å². The average molecular weight is 260 g/mol. The van der Waals surface area contributed by atoms with Crippen LogP contribution in [0.15, 0.2) is 29.1 Å². The number of hydrogen-bond donors (Lipinski definition) is 1. The molecular formula is C14H13FN2O2. The molecule has 3 rings (SSSR count). The first kappa shape index (κ1) is 11.9. The molecule has 0 amide bonds. The Labute approximate surface area is 109 Å². The van der Waals surface area contributed by atoms with Crippen molar-refractivity contribution < 1.29 is 9.13 Å². The lowest BCUT2D eigenvalue weighted by atomic mass is 10.1. The van der Waals surface area contributed by atoms with E-state index in [0.717, 1.165) is 12.8 Å². The first-order chi connectivity index (χ1) is 9.17. The quantitative estimate of drug-likeness (QED) is 0.922. The summed E-state index contributed by atoms with van der Waals surface area (Å²) >= 11 is 0. The molecule has 1 saturated carbocycles. The van der Waals surface area contributed by atoms with Gasteiger partial charge in [-0.1, -0.05) is 0 Å². The second-order valence-electron chi connectivity index (χ2n) is 4.63. The number of benzene rings is 1. The number of nitrogens with zero attached hydrogens (tertiary/aromatic N) is 1. The number of halogens is 1. The molecule has 1 heterocycles. The normalized spacial score (nSPS) is 14.4. The van der Waals surface area contributed by atoms with E-state index in [2.05, 4.69) is 9.97 Å². The zero-order chi connectivity index (χ0) is 13.4. The fourth-order valence-corrected chi connectivity index (χ4v) is 2.04. The Hall–Kier alpha value is -2.17. The van der Waals surface area contributed by atoms with Crippen LogP contribution in [0.3, 0.4) is 0 Å². The molecule has 98 valence electrons. The molecule has 0 spiro atoms. The van der Waals surface area contributed by atoms with E-state index in [1.807, 2.05) is 0 Å². The summed E-state index contributed by atoms with van der Waals surface area (Å²) in [4.78, 5) is 18.8. The number of aromatic amines is 1. The molecule has 0 bridgehead atoms. The van der Waals surface area contributed by atoms with Gasteiger partial charge in [0.2, 0.25) is 0 Å². The number of nitrogens with one attached hydrogen (secondary N) is 1. The van der Waals surface area contributed by atoms with Gasteiger partial charge in [0.15, 0.2) is 0 Å². The van der Waals surface area contributed by atoms with Gasteiger partial charge in [0.1, 0.15) is 17.4 Å². The van der Waals surface area contributed by atoms with Crippen LogP contribution in [0.25, 0.3) is 11.3 Å². The number of ether oxygens (including phenoxy) is 1. The maximum atomic E-state index is 13.4. The van der Waals surface area contributed by atoms with E-state index in [-0.39, 0.29) is 11.4 Å². The molecule has 0 aliphatic heterocycles. The molecule has 4 nitrogen and oxygen atoms in total. The minimum absolute atomic E-state index is 0.224. The van der Waals surface area contributed by atoms with E-state index in [4.69, 9.17) is 4.74 Å². The van der Waals surface area contributed by atoms with Crippen LogP contribution in [0, 0.1) is 5.82 Å². The van der Waals surface area contributed by atoms with E-state index < -0.39 is 0 Å². The van der Waals surface area contributed by atoms with Gasteiger partial charge >= 0.3 is 0 Å². The van der Waals surface area contributed by atoms with Crippen molar-refractivity contribution in [3.63, 3.8) is 0 Å². The third-order valence-electron chi connectivity index (χ3n) is 3.16. The second kappa shape index (κ2) is 4.50. The molecule has 1 fully saturated rings. The smallest absolute Gasteiger partial charge is 0.251 e. The Morgan fingerprint density at radius 2 is 2.16 bits per heavy atom. The van der Waals surface area contributed by atoms with Crippen LogP contribution in [-0.2, 0) is 0 Å². The van der Waals surface area contributed by atoms with Crippen molar-refractivity contribution in [3.05, 3.63) is 46.3 Å². The Kier molecular flexibility index (Phi) is 2.81. The van der Waals surface area contributed by atoms with Crippen LogP contribution in [0.2, 0.25) is 0 Å². The van der Waals surface area contributed by atoms with Gasteiger partial charge in [-0.15, -0.1) is 0 Å². The van der Waals surface area contributed by atoms with Crippen LogP contribution in [-0.4, -0.2) is 17.1 Å². The fraction of sp³-hybridized carbons (Fsp3) is 0.286. The van der Waals surface area contributed by atoms with Gasteiger partial charge < -0.3 is 9.72 Å². The molecule has 1 aliphatic rings. The zero-order valence-corrected chi connectivity index (χ0v) is 10.4. The van der Waals surface area contributed by atoms with E-state index in [1.54, 1.807) is 0 Å². The highest BCUT2D eigenvalue weighted by Crippen LogP contribution is 2.38. The number of rotatable bonds is 3. The fourth-order valence-electron chi connectivity index (χ4n) is 2.04. The van der Waals surface area contributed by atoms with Crippen LogP contribution in [0.1, 0.15) is 24.6 Å². The first-order valence-corrected chi connectivity index (χ1v) is 6.12. The minimum Gasteiger partial charge on any atom is -0.496 e. The Morgan fingerprint density at radius 1 is 1.37 bits per heavy atom. The van der Waals surface area contributed by atoms with Crippen molar-refractivity contribution >= 4 is 0 Å². The largest absolute Gasteiger partial charge is 0.496 e. The molecule has 5 heteroatoms. The lowest BCUT2D eigenvalue weighted by Crippen LogP contribution is -2.10. The van der Waals surface area contributed by atoms with Gasteiger partial charge in [-0.05, 0) is 31.0 Å². The average Bonchev–Trinajstić information content (AvgIpc) is 3.22. The molecule has 19 heavy (non-hydrogen) atoms. The van der Waals surface area contributed by atoms with Crippen LogP contribution < -0.4 is 10.3 Å². The molecule has 0 atom stereocenters. The maximum Gasteiger partial charge on any atom is 0.251 e. The van der Waals surface area contributed by atoms with E-state index in [9.17, 15) is 9.18 Å². The molecule has 0 saturated heterocycles. The lowest BCUT2D eigenvalue weighted by Gasteiger charge is -2.08. The molecule has 0 radical (unpaired) electrons. The summed E-state index contributed by atoms with van der Waals surface area (Å²) in [5.74, 6) is 1.12. The first-order valence-electron chi connectivity index (χ1n) is 6.12. The van der Waals surface area contributed by atoms with Crippen LogP contribution in [0.5, 0.6) is 5.75 Å². The maximum absolute atomic E-state index is 13.4. The standard InChI is InChI=1S/C14H13FN2O2/c1-19-12-5-4-9(15)6-10(12)11-7-13(18)17-14(16-11)8-2-3-8/h4-8H,2-3H2,1H3,(H,16,17,18). The van der Waals surface area contributed by atoms with Gasteiger partial charge in [0, 0.05) is 17.5 Å². The molecule has 1 N–H and O–H groups in total. The highest BCUT2D eigenvalue weighted by atomic mass is 19.1. The highest BCUT2D eigenvalue weighted by Gasteiger charge is 2.26. The third kappa shape index (κ3) is 2.36. The zero-order valence-electron chi connectivity index (χ0n) is 10.4. The minimum atomic E-state index is -0.383. The van der Waals surface area contributed by atoms with E-state index in [0.29, 0.717) is 28.7 Å². The SMILES string of the molecule is COc1ccc(F)cc1-c1cc(=O)[nH]c(C2CC2)n1. The summed E-state index contributed by atoms with van der Waals surface area (Å²) in [5.41, 5.74) is 0.718. The van der Waals surface area contributed by atoms with Crippen molar-refractivity contribution in [1.29, 1.82) is 0 Å². The Balaban J connectivity index is 2.15. The van der Waals surface area contributed by atoms with Gasteiger partial charge in [0.25, 0.3) is 5.56 Å². The van der Waals surface area contributed by atoms with Crippen molar-refractivity contribution in [2.75, 3.05) is 7.11 Å². The second-order valence-corrected chi connectivity index (χ2v) is 4.63. The predicted molar refractivity (Wildman–Crippen MR) is 68.8 cm³/mol. The highest BCUT2D eigenvalue weighted by molar-refractivity contribution is 5.67. The molecule has 1 aromatic heterocycles. The summed E-state index contributed by atoms with van der Waals surface area (Å²) < 4.78 is 18.6. The van der Waals surface area contributed by atoms with Crippen molar-refractivity contribution in [3.8, 4) is 17.0 Å². The van der Waals surface area contributed by atoms with Crippen LogP contribution >= 0.6 is 0 Å². The summed E-state index contributed by atoms with van der Waals surface area (Å²) in [7, 11) is 1.51. The van der Waals surface area contributed by atoms with Gasteiger partial charge in [-0.2, -0.15) is 0 Å². The van der Waals surface area contributed by atoms with Crippen molar-refractivity contribution in [2.24, 2.45) is 0 Å². The monoisotopic (exact) mass is 260 g/mol. The van der Waals surface area contributed by atoms with Crippen molar-refractivity contribution in [1.82, 2.24) is 9.97 Å². The van der Waals surface area contributed by atoms with Crippen molar-refractivity contribution in [2.45, 2.75) is 18.8 Å². The number of H-pyrrole nitrogens is 1. The molecule has 1 aromatic carbocycles. The molecule has 1 aliphatic carbocycles. The summed E-state index contributed by atoms with van der Waals surface area (Å²) in [6.07, 6.45) is 2.07. The Bertz CT molecular complexity index is 677. The van der Waals surface area contributed by atoms with Crippen LogP contribution in [0.4, 0.5) is 4.39 Å². The predicted octanol–water partition coefficient (Wildman–Crippen LogP) is 2.46. The number of hydrogen-bond acceptors (Lipinski definition) is 3. The topological polar surface area (TPSA) is 55.0 Å². The molecule has 2 aromatic rings. The third-order valence-corrected chi connectivity index (χ3v) is 3.16. The van der Waals surface area contributed by atoms with E-state index >= 15 is 0 Å². The van der Waals surface area contributed by atoms with Gasteiger partial charge in [-0.25, -0.2) is 9.37 Å². The number of aromatic nitrogens is 2. The molecule has 0 unspecified atom stereocenters.